The fourth-order valence-corrected chi connectivity index (χ4v) is 7.25. The molecule has 8 heteroatoms. The van der Waals surface area contributed by atoms with E-state index in [0.29, 0.717) is 35.6 Å². The molecule has 4 aromatic rings. The van der Waals surface area contributed by atoms with Crippen LogP contribution in [0, 0.1) is 0 Å². The van der Waals surface area contributed by atoms with E-state index in [9.17, 15) is 14.7 Å². The van der Waals surface area contributed by atoms with E-state index in [0.717, 1.165) is 47.5 Å². The van der Waals surface area contributed by atoms with E-state index < -0.39 is 11.6 Å². The van der Waals surface area contributed by atoms with Gasteiger partial charge in [0.25, 0.3) is 0 Å². The van der Waals surface area contributed by atoms with Crippen molar-refractivity contribution < 1.29 is 50.4 Å². The van der Waals surface area contributed by atoms with Crippen LogP contribution in [0.5, 0.6) is 5.75 Å². The molecule has 0 saturated carbocycles. The second kappa shape index (κ2) is 13.7. The molecule has 0 amide bonds. The number of halogens is 1. The molecular weight excluding hydrogens is 634 g/mol. The summed E-state index contributed by atoms with van der Waals surface area (Å²) in [4.78, 5) is 25.4. The molecule has 2 heterocycles. The summed E-state index contributed by atoms with van der Waals surface area (Å²) in [7, 11) is 2.33. The zero-order chi connectivity index (χ0) is 30.7. The molecule has 0 radical (unpaired) electrons. The smallest absolute Gasteiger partial charge is 0.347 e. The summed E-state index contributed by atoms with van der Waals surface area (Å²) in [6.07, 6.45) is 3.48. The van der Waals surface area contributed by atoms with Crippen molar-refractivity contribution in [1.29, 1.82) is 0 Å². The summed E-state index contributed by atoms with van der Waals surface area (Å²) in [6, 6.07) is 31.2. The topological polar surface area (TPSA) is 82.1 Å². The maximum atomic E-state index is 13.8. The van der Waals surface area contributed by atoms with E-state index in [1.165, 1.54) is 5.56 Å². The minimum absolute atomic E-state index is 0. The standard InChI is InChI=1S/C37H40NO6.BrH/c1-3-42-35(39)25-43-33-19-16-27-20-26(14-15-28(27)21-33)24-38(2)31-17-18-32(38)23-34(22-31)44-36(40)37(41,29-10-6-4-7-11-29)30-12-8-5-9-13-30;/h4-16,19-21,31-32,34,41H,3,17-18,22-25H2,1-2H3;1H/q+1;/p-1/t31-,32+,34?,38?;. The van der Waals surface area contributed by atoms with Gasteiger partial charge in [0.2, 0.25) is 5.60 Å². The molecule has 2 fully saturated rings. The molecule has 4 aromatic carbocycles. The third kappa shape index (κ3) is 6.64. The van der Waals surface area contributed by atoms with Crippen LogP contribution >= 0.6 is 0 Å². The van der Waals surface area contributed by atoms with E-state index in [1.807, 2.05) is 54.6 Å². The number of quaternary nitrogens is 1. The van der Waals surface area contributed by atoms with Gasteiger partial charge in [0.05, 0.1) is 25.7 Å². The van der Waals surface area contributed by atoms with Crippen molar-refractivity contribution >= 4 is 22.7 Å². The summed E-state index contributed by atoms with van der Waals surface area (Å²) in [5, 5.41) is 14.0. The van der Waals surface area contributed by atoms with Crippen molar-refractivity contribution in [3.05, 3.63) is 114 Å². The fraction of sp³-hybridized carbons (Fsp3) is 0.351. The molecule has 2 bridgehead atoms. The molecule has 2 aliphatic rings. The Bertz CT molecular complexity index is 1570. The average Bonchev–Trinajstić information content (AvgIpc) is 3.18. The molecule has 0 aliphatic carbocycles. The number of fused-ring (bicyclic) bond motifs is 3. The molecule has 45 heavy (non-hydrogen) atoms. The zero-order valence-corrected chi connectivity index (χ0v) is 27.3. The first-order valence-electron chi connectivity index (χ1n) is 15.5. The van der Waals surface area contributed by atoms with Crippen LogP contribution in [0.2, 0.25) is 0 Å². The molecule has 2 unspecified atom stereocenters. The number of rotatable bonds is 10. The highest BCUT2D eigenvalue weighted by Crippen LogP contribution is 2.44. The van der Waals surface area contributed by atoms with Gasteiger partial charge in [-0.15, -0.1) is 0 Å². The first kappa shape index (κ1) is 32.7. The number of nitrogens with zero attached hydrogens (tertiary/aromatic N) is 1. The number of benzene rings is 4. The van der Waals surface area contributed by atoms with Gasteiger partial charge in [-0.25, -0.2) is 9.59 Å². The highest BCUT2D eigenvalue weighted by atomic mass is 79.9. The van der Waals surface area contributed by atoms with Crippen LogP contribution in [0.4, 0.5) is 0 Å². The van der Waals surface area contributed by atoms with Gasteiger partial charge in [-0.1, -0.05) is 78.9 Å². The molecule has 2 saturated heterocycles. The van der Waals surface area contributed by atoms with Gasteiger partial charge in [-0.2, -0.15) is 0 Å². The number of piperidine rings is 1. The molecule has 0 aromatic heterocycles. The molecule has 6 rings (SSSR count). The van der Waals surface area contributed by atoms with Crippen LogP contribution in [-0.4, -0.2) is 60.0 Å². The Hall–Kier alpha value is -3.72. The summed E-state index contributed by atoms with van der Waals surface area (Å²) >= 11 is 0. The molecular formula is C37H40BrNO6. The van der Waals surface area contributed by atoms with E-state index in [1.54, 1.807) is 31.2 Å². The normalized spacial score (nSPS) is 22.3. The lowest BCUT2D eigenvalue weighted by atomic mass is 9.86. The first-order valence-corrected chi connectivity index (χ1v) is 15.5. The number of carbonyl (C=O) groups excluding carboxylic acids is 2. The predicted molar refractivity (Wildman–Crippen MR) is 168 cm³/mol. The Morgan fingerprint density at radius 3 is 2.02 bits per heavy atom. The van der Waals surface area contributed by atoms with E-state index in [-0.39, 0.29) is 35.7 Å². The third-order valence-corrected chi connectivity index (χ3v) is 9.59. The number of hydrogen-bond acceptors (Lipinski definition) is 6. The first-order chi connectivity index (χ1) is 21.3. The molecule has 1 N–H and O–H groups in total. The molecule has 4 atom stereocenters. The lowest BCUT2D eigenvalue weighted by Gasteiger charge is -2.47. The third-order valence-electron chi connectivity index (χ3n) is 9.59. The molecule has 0 spiro atoms. The van der Waals surface area contributed by atoms with Gasteiger partial charge < -0.3 is 40.8 Å². The Kier molecular flexibility index (Phi) is 9.97. The van der Waals surface area contributed by atoms with E-state index in [2.05, 4.69) is 25.2 Å². The van der Waals surface area contributed by atoms with Crippen molar-refractivity contribution in [3.8, 4) is 5.75 Å². The fourth-order valence-electron chi connectivity index (χ4n) is 7.25. The van der Waals surface area contributed by atoms with Crippen LogP contribution in [0.15, 0.2) is 97.1 Å². The Balaban J connectivity index is 0.00000400. The van der Waals surface area contributed by atoms with Crippen LogP contribution in [0.1, 0.15) is 49.3 Å². The predicted octanol–water partition coefficient (Wildman–Crippen LogP) is 2.91. The van der Waals surface area contributed by atoms with Gasteiger partial charge in [0.15, 0.2) is 6.61 Å². The second-order valence-electron chi connectivity index (χ2n) is 12.3. The van der Waals surface area contributed by atoms with Gasteiger partial charge >= 0.3 is 11.9 Å². The number of ether oxygens (including phenoxy) is 3. The minimum Gasteiger partial charge on any atom is -1.00 e. The lowest BCUT2D eigenvalue weighted by molar-refractivity contribution is -0.961. The Labute approximate surface area is 275 Å². The van der Waals surface area contributed by atoms with E-state index >= 15 is 0 Å². The SMILES string of the molecule is CCOC(=O)COc1ccc2cc(C[N+]3(C)[C@@H]4CC[C@H]3CC(OC(=O)C(O)(c3ccccc3)c3ccccc3)C4)ccc2c1.[Br-]. The zero-order valence-electron chi connectivity index (χ0n) is 25.7. The average molecular weight is 675 g/mol. The molecule has 236 valence electrons. The van der Waals surface area contributed by atoms with Gasteiger partial charge in [-0.3, -0.25) is 0 Å². The van der Waals surface area contributed by atoms with Crippen LogP contribution in [0.3, 0.4) is 0 Å². The van der Waals surface area contributed by atoms with Gasteiger partial charge in [0, 0.05) is 31.2 Å². The largest absolute Gasteiger partial charge is 1.00 e. The van der Waals surface area contributed by atoms with Crippen LogP contribution in [-0.2, 0) is 31.2 Å². The quantitative estimate of drug-likeness (QED) is 0.206. The van der Waals surface area contributed by atoms with E-state index in [4.69, 9.17) is 14.2 Å². The minimum atomic E-state index is -1.87. The number of carbonyl (C=O) groups is 2. The highest BCUT2D eigenvalue weighted by Gasteiger charge is 2.53. The number of esters is 2. The van der Waals surface area contributed by atoms with Crippen LogP contribution in [0.25, 0.3) is 10.8 Å². The number of hydrogen-bond donors (Lipinski definition) is 1. The van der Waals surface area contributed by atoms with Crippen LogP contribution < -0.4 is 21.7 Å². The summed E-state index contributed by atoms with van der Waals surface area (Å²) in [6.45, 7) is 2.89. The van der Waals surface area contributed by atoms with Crippen molar-refractivity contribution in [2.24, 2.45) is 0 Å². The summed E-state index contributed by atoms with van der Waals surface area (Å²) in [5.74, 6) is -0.356. The monoisotopic (exact) mass is 673 g/mol. The van der Waals surface area contributed by atoms with Gasteiger partial charge in [-0.05, 0) is 47.0 Å². The maximum absolute atomic E-state index is 13.8. The number of aliphatic hydroxyl groups is 1. The van der Waals surface area contributed by atoms with Crippen molar-refractivity contribution in [2.75, 3.05) is 20.3 Å². The second-order valence-corrected chi connectivity index (χ2v) is 12.3. The van der Waals surface area contributed by atoms with Crippen molar-refractivity contribution in [1.82, 2.24) is 0 Å². The molecule has 7 nitrogen and oxygen atoms in total. The highest BCUT2D eigenvalue weighted by molar-refractivity contribution is 5.86. The Morgan fingerprint density at radius 2 is 1.42 bits per heavy atom. The lowest BCUT2D eigenvalue weighted by Crippen LogP contribution is -3.00. The summed E-state index contributed by atoms with van der Waals surface area (Å²) in [5.41, 5.74) is 0.399. The Morgan fingerprint density at radius 1 is 0.844 bits per heavy atom. The van der Waals surface area contributed by atoms with Crippen molar-refractivity contribution in [3.63, 3.8) is 0 Å². The molecule has 2 aliphatic heterocycles. The van der Waals surface area contributed by atoms with Gasteiger partial charge in [0.1, 0.15) is 18.4 Å². The van der Waals surface area contributed by atoms with Crippen molar-refractivity contribution in [2.45, 2.75) is 62.9 Å². The maximum Gasteiger partial charge on any atom is 0.347 e. The summed E-state index contributed by atoms with van der Waals surface area (Å²) < 4.78 is 17.6.